The lowest BCUT2D eigenvalue weighted by molar-refractivity contribution is 0.412. The third-order valence-electron chi connectivity index (χ3n) is 5.04. The molecule has 1 aliphatic heterocycles. The first kappa shape index (κ1) is 15.7. The third-order valence-corrected chi connectivity index (χ3v) is 5.04. The molecule has 132 valence electrons. The topological polar surface area (TPSA) is 84.2 Å². The van der Waals surface area contributed by atoms with E-state index in [4.69, 9.17) is 10.2 Å². The average molecular weight is 355 g/mol. The van der Waals surface area contributed by atoms with Gasteiger partial charge in [0.2, 0.25) is 0 Å². The highest BCUT2D eigenvalue weighted by Crippen LogP contribution is 2.41. The van der Waals surface area contributed by atoms with Crippen LogP contribution in [0.5, 0.6) is 0 Å². The molecule has 1 atom stereocenters. The number of allylic oxidation sites excluding steroid dienone is 2. The van der Waals surface area contributed by atoms with Gasteiger partial charge in [-0.1, -0.05) is 6.58 Å². The standard InChI is InChI=1S/C20H17N7/c1-13-8-15(10-23-13)17-9-19-22-6-7-26(19)20(25-17)16-11-24-27(12-16)18(4-5-21)14-2-3-14/h6-12,14,18H,1-4H2. The van der Waals surface area contributed by atoms with Gasteiger partial charge in [0.25, 0.3) is 0 Å². The van der Waals surface area contributed by atoms with Crippen molar-refractivity contribution in [3.8, 4) is 17.5 Å². The van der Waals surface area contributed by atoms with Crippen LogP contribution in [0.25, 0.3) is 22.6 Å². The Morgan fingerprint density at radius 2 is 2.26 bits per heavy atom. The van der Waals surface area contributed by atoms with Crippen molar-refractivity contribution >= 4 is 17.4 Å². The monoisotopic (exact) mass is 355 g/mol. The second-order valence-corrected chi connectivity index (χ2v) is 6.95. The summed E-state index contributed by atoms with van der Waals surface area (Å²) < 4.78 is 3.87. The smallest absolute Gasteiger partial charge is 0.149 e. The summed E-state index contributed by atoms with van der Waals surface area (Å²) in [7, 11) is 0. The van der Waals surface area contributed by atoms with Crippen molar-refractivity contribution in [2.75, 3.05) is 0 Å². The van der Waals surface area contributed by atoms with Gasteiger partial charge < -0.3 is 0 Å². The fourth-order valence-electron chi connectivity index (χ4n) is 3.51. The molecule has 1 fully saturated rings. The Morgan fingerprint density at radius 1 is 1.37 bits per heavy atom. The molecule has 3 aromatic heterocycles. The molecule has 7 nitrogen and oxygen atoms in total. The Hall–Kier alpha value is -3.53. The Bertz CT molecular complexity index is 1150. The van der Waals surface area contributed by atoms with Gasteiger partial charge in [-0.05, 0) is 24.8 Å². The Morgan fingerprint density at radius 3 is 3.00 bits per heavy atom. The van der Waals surface area contributed by atoms with E-state index in [9.17, 15) is 0 Å². The molecule has 0 bridgehead atoms. The van der Waals surface area contributed by atoms with E-state index in [1.807, 2.05) is 39.8 Å². The van der Waals surface area contributed by atoms with Crippen LogP contribution in [0.3, 0.4) is 0 Å². The maximum absolute atomic E-state index is 9.15. The number of hydrogen-bond donors (Lipinski definition) is 0. The second kappa shape index (κ2) is 6.02. The first-order chi connectivity index (χ1) is 13.2. The molecule has 0 N–H and O–H groups in total. The van der Waals surface area contributed by atoms with Gasteiger partial charge in [0.05, 0.1) is 41.7 Å². The van der Waals surface area contributed by atoms with Crippen LogP contribution in [0.1, 0.15) is 31.0 Å². The fraction of sp³-hybridized carbons (Fsp3) is 0.250. The van der Waals surface area contributed by atoms with Crippen molar-refractivity contribution < 1.29 is 0 Å². The minimum Gasteiger partial charge on any atom is -0.284 e. The maximum atomic E-state index is 9.15. The predicted molar refractivity (Wildman–Crippen MR) is 102 cm³/mol. The number of fused-ring (bicyclic) bond motifs is 1. The molecule has 7 heteroatoms. The van der Waals surface area contributed by atoms with Crippen LogP contribution in [0, 0.1) is 17.2 Å². The van der Waals surface area contributed by atoms with Gasteiger partial charge in [0.15, 0.2) is 0 Å². The Balaban J connectivity index is 1.60. The van der Waals surface area contributed by atoms with Crippen molar-refractivity contribution in [2.24, 2.45) is 10.9 Å². The lowest BCUT2D eigenvalue weighted by Crippen LogP contribution is -2.11. The summed E-state index contributed by atoms with van der Waals surface area (Å²) in [4.78, 5) is 13.5. The highest BCUT2D eigenvalue weighted by molar-refractivity contribution is 6.12. The molecule has 0 radical (unpaired) electrons. The Labute approximate surface area is 156 Å². The second-order valence-electron chi connectivity index (χ2n) is 6.95. The molecule has 1 aliphatic carbocycles. The lowest BCUT2D eigenvalue weighted by atomic mass is 10.1. The third kappa shape index (κ3) is 2.75. The van der Waals surface area contributed by atoms with E-state index in [0.717, 1.165) is 28.3 Å². The summed E-state index contributed by atoms with van der Waals surface area (Å²) >= 11 is 0. The summed E-state index contributed by atoms with van der Waals surface area (Å²) in [5.74, 6) is 1.32. The van der Waals surface area contributed by atoms with Crippen LogP contribution in [0.4, 0.5) is 0 Å². The van der Waals surface area contributed by atoms with Crippen molar-refractivity contribution in [2.45, 2.75) is 25.3 Å². The molecule has 27 heavy (non-hydrogen) atoms. The SMILES string of the molecule is C=C1C=C(c2cc3nccn3c(-c3cnn(C(CC#N)C4CC4)c3)n2)C=N1. The van der Waals surface area contributed by atoms with Crippen LogP contribution in [0.2, 0.25) is 0 Å². The minimum absolute atomic E-state index is 0.137. The molecule has 0 aromatic carbocycles. The molecule has 1 saturated carbocycles. The van der Waals surface area contributed by atoms with Gasteiger partial charge in [-0.25, -0.2) is 9.97 Å². The first-order valence-corrected chi connectivity index (χ1v) is 8.93. The molecule has 1 unspecified atom stereocenters. The largest absolute Gasteiger partial charge is 0.284 e. The van der Waals surface area contributed by atoms with E-state index >= 15 is 0 Å². The fourth-order valence-corrected chi connectivity index (χ4v) is 3.51. The van der Waals surface area contributed by atoms with E-state index in [-0.39, 0.29) is 6.04 Å². The van der Waals surface area contributed by atoms with Crippen LogP contribution in [-0.4, -0.2) is 30.4 Å². The zero-order chi connectivity index (χ0) is 18.4. The molecule has 0 amide bonds. The van der Waals surface area contributed by atoms with Crippen LogP contribution in [0.15, 0.2) is 54.2 Å². The summed E-state index contributed by atoms with van der Waals surface area (Å²) in [5.41, 5.74) is 4.14. The molecule has 4 heterocycles. The molecule has 0 spiro atoms. The van der Waals surface area contributed by atoms with Crippen molar-refractivity contribution in [1.82, 2.24) is 24.1 Å². The normalized spacial score (nSPS) is 17.3. The van der Waals surface area contributed by atoms with Gasteiger partial charge in [-0.15, -0.1) is 0 Å². The van der Waals surface area contributed by atoms with E-state index in [0.29, 0.717) is 18.0 Å². The molecule has 3 aromatic rings. The van der Waals surface area contributed by atoms with E-state index < -0.39 is 0 Å². The first-order valence-electron chi connectivity index (χ1n) is 8.93. The number of imidazole rings is 1. The number of nitrogens with zero attached hydrogens (tertiary/aromatic N) is 7. The highest BCUT2D eigenvalue weighted by Gasteiger charge is 2.33. The predicted octanol–water partition coefficient (Wildman–Crippen LogP) is 3.44. The summed E-state index contributed by atoms with van der Waals surface area (Å²) in [6, 6.07) is 4.37. The van der Waals surface area contributed by atoms with E-state index in [2.05, 4.69) is 27.7 Å². The van der Waals surface area contributed by atoms with Gasteiger partial charge >= 0.3 is 0 Å². The zero-order valence-electron chi connectivity index (χ0n) is 14.7. The Kier molecular flexibility index (Phi) is 3.50. The van der Waals surface area contributed by atoms with Gasteiger partial charge in [0.1, 0.15) is 11.5 Å². The van der Waals surface area contributed by atoms with Gasteiger partial charge in [-0.3, -0.25) is 14.1 Å². The van der Waals surface area contributed by atoms with Crippen LogP contribution < -0.4 is 0 Å². The molecule has 5 rings (SSSR count). The van der Waals surface area contributed by atoms with Gasteiger partial charge in [0, 0.05) is 36.4 Å². The van der Waals surface area contributed by atoms with Crippen molar-refractivity contribution in [3.63, 3.8) is 0 Å². The van der Waals surface area contributed by atoms with Crippen LogP contribution >= 0.6 is 0 Å². The number of nitriles is 1. The highest BCUT2D eigenvalue weighted by atomic mass is 15.3. The minimum atomic E-state index is 0.137. The summed E-state index contributed by atoms with van der Waals surface area (Å²) in [6.07, 6.45) is 13.9. The number of hydrogen-bond acceptors (Lipinski definition) is 5. The zero-order valence-corrected chi connectivity index (χ0v) is 14.7. The van der Waals surface area contributed by atoms with Crippen molar-refractivity contribution in [3.05, 3.63) is 54.9 Å². The van der Waals surface area contributed by atoms with E-state index in [1.165, 1.54) is 12.8 Å². The summed E-state index contributed by atoms with van der Waals surface area (Å²) in [6.45, 7) is 3.86. The molecule has 0 saturated heterocycles. The van der Waals surface area contributed by atoms with Crippen molar-refractivity contribution in [1.29, 1.82) is 5.26 Å². The number of aliphatic imine (C=N–C) groups is 1. The number of rotatable bonds is 5. The quantitative estimate of drug-likeness (QED) is 0.702. The molecular weight excluding hydrogens is 338 g/mol. The molecule has 2 aliphatic rings. The number of aromatic nitrogens is 5. The lowest BCUT2D eigenvalue weighted by Gasteiger charge is -2.12. The molecular formula is C20H17N7. The summed E-state index contributed by atoms with van der Waals surface area (Å²) in [5, 5.41) is 13.7. The maximum Gasteiger partial charge on any atom is 0.149 e. The van der Waals surface area contributed by atoms with Gasteiger partial charge in [-0.2, -0.15) is 10.4 Å². The van der Waals surface area contributed by atoms with Crippen LogP contribution in [-0.2, 0) is 0 Å². The van der Waals surface area contributed by atoms with E-state index in [1.54, 1.807) is 12.4 Å². The average Bonchev–Trinajstić information content (AvgIpc) is 3.07.